The lowest BCUT2D eigenvalue weighted by atomic mass is 9.94. The first-order valence-corrected chi connectivity index (χ1v) is 12.0. The highest BCUT2D eigenvalue weighted by Gasteiger charge is 2.24. The molecule has 1 N–H and O–H groups in total. The minimum Gasteiger partial charge on any atom is -0.372 e. The van der Waals surface area contributed by atoms with Crippen LogP contribution in [-0.2, 0) is 34.0 Å². The highest BCUT2D eigenvalue weighted by Crippen LogP contribution is 2.40. The summed E-state index contributed by atoms with van der Waals surface area (Å²) in [5, 5.41) is 14.7. The number of ether oxygens (including phenoxy) is 3. The second-order valence-corrected chi connectivity index (χ2v) is 9.35. The van der Waals surface area contributed by atoms with E-state index in [-0.39, 0.29) is 6.29 Å². The third kappa shape index (κ3) is 4.67. The summed E-state index contributed by atoms with van der Waals surface area (Å²) in [5.41, 5.74) is 6.44. The molecule has 1 atom stereocenters. The lowest BCUT2D eigenvalue weighted by Crippen LogP contribution is -2.22. The van der Waals surface area contributed by atoms with Crippen molar-refractivity contribution in [1.29, 1.82) is 0 Å². The summed E-state index contributed by atoms with van der Waals surface area (Å²) in [7, 11) is 0. The first-order chi connectivity index (χ1) is 16.1. The van der Waals surface area contributed by atoms with E-state index in [0.717, 1.165) is 57.5 Å². The van der Waals surface area contributed by atoms with Gasteiger partial charge in [-0.1, -0.05) is 35.5 Å². The quantitative estimate of drug-likeness (QED) is 0.337. The van der Waals surface area contributed by atoms with E-state index in [2.05, 4.69) is 23.4 Å². The second-order valence-electron chi connectivity index (χ2n) is 8.38. The van der Waals surface area contributed by atoms with Crippen molar-refractivity contribution < 1.29 is 23.9 Å². The third-order valence-electron chi connectivity index (χ3n) is 6.26. The lowest BCUT2D eigenvalue weighted by molar-refractivity contribution is -0.169. The molecule has 0 aliphatic carbocycles. The van der Waals surface area contributed by atoms with Gasteiger partial charge < -0.3 is 18.7 Å². The normalized spacial score (nSPS) is 17.8. The van der Waals surface area contributed by atoms with Crippen LogP contribution >= 0.6 is 11.9 Å². The van der Waals surface area contributed by atoms with E-state index in [1.165, 1.54) is 23.1 Å². The SMILES string of the molecule is Cc1onc(N(O)Sc2ccccc2-c2ccc(COC3CCCCO3)c3c2COC3)c1C. The van der Waals surface area contributed by atoms with E-state index in [9.17, 15) is 5.21 Å². The largest absolute Gasteiger partial charge is 0.372 e. The van der Waals surface area contributed by atoms with Crippen LogP contribution in [0, 0.1) is 13.8 Å². The Bertz CT molecular complexity index is 1130. The monoisotopic (exact) mass is 468 g/mol. The minimum absolute atomic E-state index is 0.118. The number of nitrogens with zero attached hydrogens (tertiary/aromatic N) is 2. The van der Waals surface area contributed by atoms with Gasteiger partial charge in [-0.15, -0.1) is 0 Å². The molecular formula is C25H28N2O5S. The van der Waals surface area contributed by atoms with Gasteiger partial charge >= 0.3 is 0 Å². The number of hydrogen-bond acceptors (Lipinski definition) is 8. The molecule has 2 aliphatic rings. The first-order valence-electron chi connectivity index (χ1n) is 11.3. The molecule has 0 amide bonds. The molecule has 0 radical (unpaired) electrons. The summed E-state index contributed by atoms with van der Waals surface area (Å²) in [6.45, 7) is 6.12. The van der Waals surface area contributed by atoms with E-state index in [0.29, 0.717) is 31.4 Å². The van der Waals surface area contributed by atoms with Gasteiger partial charge in [0.2, 0.25) is 5.82 Å². The Morgan fingerprint density at radius 1 is 1.09 bits per heavy atom. The number of aromatic nitrogens is 1. The van der Waals surface area contributed by atoms with Gasteiger partial charge in [0.25, 0.3) is 0 Å². The molecule has 33 heavy (non-hydrogen) atoms. The molecule has 2 aromatic carbocycles. The van der Waals surface area contributed by atoms with Crippen LogP contribution in [0.25, 0.3) is 11.1 Å². The highest BCUT2D eigenvalue weighted by atomic mass is 32.2. The molecule has 1 unspecified atom stereocenters. The molecular weight excluding hydrogens is 440 g/mol. The molecule has 1 saturated heterocycles. The van der Waals surface area contributed by atoms with Crippen LogP contribution in [0.15, 0.2) is 45.8 Å². The Labute approximate surface area is 197 Å². The van der Waals surface area contributed by atoms with Crippen LogP contribution in [0.1, 0.15) is 47.3 Å². The Hall–Kier alpha value is -2.36. The Kier molecular flexibility index (Phi) is 6.71. The molecule has 0 bridgehead atoms. The molecule has 174 valence electrons. The lowest BCUT2D eigenvalue weighted by Gasteiger charge is -2.23. The maximum atomic E-state index is 10.7. The zero-order chi connectivity index (χ0) is 22.8. The van der Waals surface area contributed by atoms with Crippen LogP contribution in [0.4, 0.5) is 5.82 Å². The van der Waals surface area contributed by atoms with Gasteiger partial charge in [0, 0.05) is 29.0 Å². The fraction of sp³-hybridized carbons (Fsp3) is 0.400. The molecule has 3 heterocycles. The number of anilines is 1. The number of benzene rings is 2. The van der Waals surface area contributed by atoms with Gasteiger partial charge in [0.15, 0.2) is 6.29 Å². The summed E-state index contributed by atoms with van der Waals surface area (Å²) >= 11 is 1.21. The van der Waals surface area contributed by atoms with Gasteiger partial charge in [0.1, 0.15) is 5.76 Å². The van der Waals surface area contributed by atoms with Crippen LogP contribution in [0.3, 0.4) is 0 Å². The second kappa shape index (κ2) is 9.87. The van der Waals surface area contributed by atoms with Crippen molar-refractivity contribution in [2.75, 3.05) is 11.1 Å². The topological polar surface area (TPSA) is 77.2 Å². The van der Waals surface area contributed by atoms with E-state index in [1.807, 2.05) is 32.0 Å². The predicted molar refractivity (Wildman–Crippen MR) is 125 cm³/mol. The Morgan fingerprint density at radius 2 is 1.94 bits per heavy atom. The fourth-order valence-corrected chi connectivity index (χ4v) is 5.10. The van der Waals surface area contributed by atoms with E-state index >= 15 is 0 Å². The summed E-state index contributed by atoms with van der Waals surface area (Å²) in [5.74, 6) is 1.09. The van der Waals surface area contributed by atoms with Crippen molar-refractivity contribution in [3.05, 3.63) is 64.4 Å². The summed E-state index contributed by atoms with van der Waals surface area (Å²) in [4.78, 5) is 0.911. The summed E-state index contributed by atoms with van der Waals surface area (Å²) in [6.07, 6.45) is 3.08. The van der Waals surface area contributed by atoms with Crippen molar-refractivity contribution in [2.45, 2.75) is 64.1 Å². The average Bonchev–Trinajstić information content (AvgIpc) is 3.46. The van der Waals surface area contributed by atoms with Crippen molar-refractivity contribution in [2.24, 2.45) is 0 Å². The van der Waals surface area contributed by atoms with E-state index < -0.39 is 0 Å². The molecule has 8 heteroatoms. The Morgan fingerprint density at radius 3 is 2.73 bits per heavy atom. The van der Waals surface area contributed by atoms with Gasteiger partial charge in [-0.3, -0.25) is 5.21 Å². The van der Waals surface area contributed by atoms with Crippen molar-refractivity contribution in [1.82, 2.24) is 5.16 Å². The number of fused-ring (bicyclic) bond motifs is 1. The average molecular weight is 469 g/mol. The molecule has 0 spiro atoms. The van der Waals surface area contributed by atoms with Crippen molar-refractivity contribution >= 4 is 17.8 Å². The molecule has 5 rings (SSSR count). The minimum atomic E-state index is -0.118. The first kappa shape index (κ1) is 22.4. The summed E-state index contributed by atoms with van der Waals surface area (Å²) in [6, 6.07) is 12.3. The summed E-state index contributed by atoms with van der Waals surface area (Å²) < 4.78 is 23.9. The molecule has 3 aromatic rings. The standard InChI is InChI=1S/C25H28N2O5S/c1-16-17(2)32-26-25(16)27(28)33-23-8-4-3-7-20(23)19-11-10-18(21-14-29-15-22(19)21)13-31-24-9-5-6-12-30-24/h3-4,7-8,10-11,24,28H,5-6,9,12-15H2,1-2H3. The highest BCUT2D eigenvalue weighted by molar-refractivity contribution is 8.00. The van der Waals surface area contributed by atoms with Crippen LogP contribution < -0.4 is 4.47 Å². The molecule has 7 nitrogen and oxygen atoms in total. The van der Waals surface area contributed by atoms with Gasteiger partial charge in [0.05, 0.1) is 19.8 Å². The predicted octanol–water partition coefficient (Wildman–Crippen LogP) is 5.93. The molecule has 1 fully saturated rings. The van der Waals surface area contributed by atoms with Crippen molar-refractivity contribution in [3.63, 3.8) is 0 Å². The van der Waals surface area contributed by atoms with Gasteiger partial charge in [-0.25, -0.2) is 0 Å². The zero-order valence-electron chi connectivity index (χ0n) is 18.9. The molecule has 2 aliphatic heterocycles. The maximum Gasteiger partial charge on any atom is 0.210 e. The molecule has 1 aromatic heterocycles. The Balaban J connectivity index is 1.40. The third-order valence-corrected chi connectivity index (χ3v) is 7.16. The van der Waals surface area contributed by atoms with E-state index in [4.69, 9.17) is 18.7 Å². The van der Waals surface area contributed by atoms with Crippen LogP contribution in [-0.4, -0.2) is 23.3 Å². The van der Waals surface area contributed by atoms with Crippen LogP contribution in [0.2, 0.25) is 0 Å². The number of rotatable bonds is 7. The fourth-order valence-electron chi connectivity index (χ4n) is 4.24. The van der Waals surface area contributed by atoms with Crippen LogP contribution in [0.5, 0.6) is 0 Å². The maximum absolute atomic E-state index is 10.7. The van der Waals surface area contributed by atoms with E-state index in [1.54, 1.807) is 0 Å². The van der Waals surface area contributed by atoms with Gasteiger partial charge in [-0.2, -0.15) is 4.47 Å². The van der Waals surface area contributed by atoms with Crippen molar-refractivity contribution in [3.8, 4) is 11.1 Å². The smallest absolute Gasteiger partial charge is 0.210 e. The number of aryl methyl sites for hydroxylation is 1. The number of hydrogen-bond donors (Lipinski definition) is 1. The zero-order valence-corrected chi connectivity index (χ0v) is 19.7. The van der Waals surface area contributed by atoms with Gasteiger partial charge in [-0.05, 0) is 67.0 Å². The molecule has 0 saturated carbocycles.